The Morgan fingerprint density at radius 3 is 2.84 bits per heavy atom. The van der Waals surface area contributed by atoms with Gasteiger partial charge in [-0.25, -0.2) is 4.98 Å². The summed E-state index contributed by atoms with van der Waals surface area (Å²) in [6.45, 7) is 7.09. The highest BCUT2D eigenvalue weighted by molar-refractivity contribution is 7.09. The van der Waals surface area contributed by atoms with Gasteiger partial charge in [-0.05, 0) is 69.7 Å². The maximum Gasteiger partial charge on any atom is 0.223 e. The number of piperidine rings is 1. The molecule has 1 aliphatic carbocycles. The smallest absolute Gasteiger partial charge is 0.223 e. The lowest BCUT2D eigenvalue weighted by Gasteiger charge is -2.37. The lowest BCUT2D eigenvalue weighted by molar-refractivity contribution is -0.126. The molecule has 1 aromatic heterocycles. The van der Waals surface area contributed by atoms with Crippen LogP contribution in [0.2, 0.25) is 0 Å². The first-order valence-corrected chi connectivity index (χ1v) is 12.6. The molecule has 0 unspecified atom stereocenters. The number of amides is 1. The van der Waals surface area contributed by atoms with E-state index in [0.717, 1.165) is 56.1 Å². The zero-order valence-corrected chi connectivity index (χ0v) is 19.6. The summed E-state index contributed by atoms with van der Waals surface area (Å²) in [6.07, 6.45) is 8.72. The number of nitrogens with zero attached hydrogens (tertiary/aromatic N) is 2. The van der Waals surface area contributed by atoms with Gasteiger partial charge in [-0.3, -0.25) is 9.69 Å². The van der Waals surface area contributed by atoms with Crippen LogP contribution in [-0.4, -0.2) is 35.0 Å². The summed E-state index contributed by atoms with van der Waals surface area (Å²) < 4.78 is 5.87. The van der Waals surface area contributed by atoms with Crippen LogP contribution >= 0.6 is 11.3 Å². The number of ether oxygens (including phenoxy) is 1. The van der Waals surface area contributed by atoms with E-state index >= 15 is 0 Å². The Bertz CT molecular complexity index is 833. The second-order valence-electron chi connectivity index (χ2n) is 9.29. The predicted molar refractivity (Wildman–Crippen MR) is 125 cm³/mol. The SMILES string of the molecule is CC(C)Oc1cccc(CN2CCC[C@@H]([C@@H](NC(=O)C3CCCC3)c3nccs3)C2)c1. The largest absolute Gasteiger partial charge is 0.491 e. The summed E-state index contributed by atoms with van der Waals surface area (Å²) in [7, 11) is 0. The molecule has 1 aromatic carbocycles. The van der Waals surface area contributed by atoms with Crippen molar-refractivity contribution in [3.05, 3.63) is 46.4 Å². The molecule has 2 aromatic rings. The van der Waals surface area contributed by atoms with Crippen molar-refractivity contribution in [2.24, 2.45) is 11.8 Å². The predicted octanol–water partition coefficient (Wildman–Crippen LogP) is 5.19. The third-order valence-corrected chi connectivity index (χ3v) is 7.29. The maximum atomic E-state index is 12.9. The zero-order chi connectivity index (χ0) is 21.6. The fourth-order valence-electron chi connectivity index (χ4n) is 4.98. The van der Waals surface area contributed by atoms with Gasteiger partial charge in [0.15, 0.2) is 0 Å². The summed E-state index contributed by atoms with van der Waals surface area (Å²) in [4.78, 5) is 20.0. The molecule has 1 saturated carbocycles. The van der Waals surface area contributed by atoms with Crippen molar-refractivity contribution < 1.29 is 9.53 Å². The van der Waals surface area contributed by atoms with Gasteiger partial charge in [0.05, 0.1) is 12.1 Å². The van der Waals surface area contributed by atoms with Gasteiger partial charge < -0.3 is 10.1 Å². The van der Waals surface area contributed by atoms with E-state index in [4.69, 9.17) is 4.74 Å². The number of aromatic nitrogens is 1. The minimum Gasteiger partial charge on any atom is -0.491 e. The van der Waals surface area contributed by atoms with Crippen LogP contribution in [0.25, 0.3) is 0 Å². The van der Waals surface area contributed by atoms with E-state index < -0.39 is 0 Å². The summed E-state index contributed by atoms with van der Waals surface area (Å²) in [5.74, 6) is 1.74. The fourth-order valence-corrected chi connectivity index (χ4v) is 5.76. The minimum atomic E-state index is 0.0199. The van der Waals surface area contributed by atoms with Crippen LogP contribution in [0, 0.1) is 11.8 Å². The molecule has 1 N–H and O–H groups in total. The molecule has 5 nitrogen and oxygen atoms in total. The van der Waals surface area contributed by atoms with Crippen LogP contribution in [0.5, 0.6) is 5.75 Å². The quantitative estimate of drug-likeness (QED) is 0.612. The monoisotopic (exact) mass is 441 g/mol. The molecule has 0 bridgehead atoms. The van der Waals surface area contributed by atoms with Crippen molar-refractivity contribution in [3.63, 3.8) is 0 Å². The summed E-state index contributed by atoms with van der Waals surface area (Å²) in [6, 6.07) is 8.46. The molecule has 4 rings (SSSR count). The maximum absolute atomic E-state index is 12.9. The minimum absolute atomic E-state index is 0.0199. The number of carbonyl (C=O) groups excluding carboxylic acids is 1. The van der Waals surface area contributed by atoms with Crippen molar-refractivity contribution in [2.45, 2.75) is 71.1 Å². The van der Waals surface area contributed by atoms with E-state index in [9.17, 15) is 4.79 Å². The molecule has 0 radical (unpaired) electrons. The first-order valence-electron chi connectivity index (χ1n) is 11.8. The highest BCUT2D eigenvalue weighted by Gasteiger charge is 2.33. The average Bonchev–Trinajstić information content (AvgIpc) is 3.46. The summed E-state index contributed by atoms with van der Waals surface area (Å²) in [5.41, 5.74) is 1.28. The topological polar surface area (TPSA) is 54.5 Å². The Balaban J connectivity index is 1.43. The standard InChI is InChI=1S/C25H35N3O2S/c1-18(2)30-22-11-5-7-19(15-22)16-28-13-6-10-21(17-28)23(25-26-12-14-31-25)27-24(29)20-8-3-4-9-20/h5,7,11-12,14-15,18,20-21,23H,3-4,6,8-10,13,16-17H2,1-2H3,(H,27,29)/t21-,23-/m1/s1. The number of thiazole rings is 1. The van der Waals surface area contributed by atoms with Crippen LogP contribution < -0.4 is 10.1 Å². The third kappa shape index (κ3) is 6.07. The number of hydrogen-bond acceptors (Lipinski definition) is 5. The van der Waals surface area contributed by atoms with E-state index in [-0.39, 0.29) is 24.0 Å². The highest BCUT2D eigenvalue weighted by Crippen LogP contribution is 2.33. The first-order chi connectivity index (χ1) is 15.1. The van der Waals surface area contributed by atoms with Crippen molar-refractivity contribution >= 4 is 17.2 Å². The molecule has 1 saturated heterocycles. The van der Waals surface area contributed by atoms with Gasteiger partial charge in [0, 0.05) is 30.6 Å². The number of carbonyl (C=O) groups is 1. The van der Waals surface area contributed by atoms with E-state index in [1.165, 1.54) is 18.4 Å². The molecule has 1 aliphatic heterocycles. The van der Waals surface area contributed by atoms with Crippen LogP contribution in [0.3, 0.4) is 0 Å². The molecular formula is C25H35N3O2S. The molecule has 2 fully saturated rings. The summed E-state index contributed by atoms with van der Waals surface area (Å²) >= 11 is 1.66. The number of rotatable bonds is 8. The molecule has 168 valence electrons. The Kier molecular flexibility index (Phi) is 7.62. The van der Waals surface area contributed by atoms with Crippen molar-refractivity contribution in [1.82, 2.24) is 15.2 Å². The molecule has 2 atom stereocenters. The van der Waals surface area contributed by atoms with Gasteiger partial charge in [0.2, 0.25) is 5.91 Å². The Morgan fingerprint density at radius 1 is 1.26 bits per heavy atom. The lowest BCUT2D eigenvalue weighted by Crippen LogP contribution is -2.43. The Hall–Kier alpha value is -1.92. The van der Waals surface area contributed by atoms with Gasteiger partial charge in [-0.2, -0.15) is 0 Å². The number of benzene rings is 1. The zero-order valence-electron chi connectivity index (χ0n) is 18.8. The molecule has 2 aliphatic rings. The van der Waals surface area contributed by atoms with Crippen LogP contribution in [0.4, 0.5) is 0 Å². The number of nitrogens with one attached hydrogen (secondary N) is 1. The van der Waals surface area contributed by atoms with Crippen molar-refractivity contribution in [1.29, 1.82) is 0 Å². The van der Waals surface area contributed by atoms with E-state index in [1.54, 1.807) is 11.3 Å². The van der Waals surface area contributed by atoms with E-state index in [0.29, 0.717) is 5.92 Å². The highest BCUT2D eigenvalue weighted by atomic mass is 32.1. The van der Waals surface area contributed by atoms with Crippen LogP contribution in [-0.2, 0) is 11.3 Å². The lowest BCUT2D eigenvalue weighted by atomic mass is 9.90. The second kappa shape index (κ2) is 10.6. The molecular weight excluding hydrogens is 406 g/mol. The molecule has 6 heteroatoms. The fraction of sp³-hybridized carbons (Fsp3) is 0.600. The van der Waals surface area contributed by atoms with Crippen molar-refractivity contribution in [3.8, 4) is 5.75 Å². The third-order valence-electron chi connectivity index (χ3n) is 6.43. The van der Waals surface area contributed by atoms with Crippen LogP contribution in [0.1, 0.15) is 69.0 Å². The molecule has 2 heterocycles. The average molecular weight is 442 g/mol. The van der Waals surface area contributed by atoms with E-state index in [2.05, 4.69) is 47.2 Å². The van der Waals surface area contributed by atoms with Gasteiger partial charge in [-0.1, -0.05) is 25.0 Å². The normalized spacial score (nSPS) is 21.3. The van der Waals surface area contributed by atoms with Crippen LogP contribution in [0.15, 0.2) is 35.8 Å². The van der Waals surface area contributed by atoms with E-state index in [1.807, 2.05) is 17.6 Å². The molecule has 1 amide bonds. The second-order valence-corrected chi connectivity index (χ2v) is 10.2. The van der Waals surface area contributed by atoms with Gasteiger partial charge >= 0.3 is 0 Å². The first kappa shape index (κ1) is 22.3. The number of hydrogen-bond donors (Lipinski definition) is 1. The Morgan fingerprint density at radius 2 is 2.10 bits per heavy atom. The van der Waals surface area contributed by atoms with Gasteiger partial charge in [0.25, 0.3) is 0 Å². The summed E-state index contributed by atoms with van der Waals surface area (Å²) in [5, 5.41) is 6.47. The van der Waals surface area contributed by atoms with Crippen molar-refractivity contribution in [2.75, 3.05) is 13.1 Å². The molecule has 31 heavy (non-hydrogen) atoms. The van der Waals surface area contributed by atoms with Gasteiger partial charge in [0.1, 0.15) is 10.8 Å². The van der Waals surface area contributed by atoms with Gasteiger partial charge in [-0.15, -0.1) is 11.3 Å². The molecule has 0 spiro atoms. The Labute approximate surface area is 190 Å². The number of likely N-dealkylation sites (tertiary alicyclic amines) is 1.